The van der Waals surface area contributed by atoms with Crippen molar-refractivity contribution in [3.63, 3.8) is 0 Å². The number of phenolic OH excluding ortho intramolecular Hbond substituents is 1. The number of aromatic hydroxyl groups is 1. The number of imide groups is 3. The zero-order chi connectivity index (χ0) is 26.4. The molecule has 0 bridgehead atoms. The highest BCUT2D eigenvalue weighted by Crippen LogP contribution is 2.54. The second kappa shape index (κ2) is 9.41. The number of urea groups is 1. The minimum absolute atomic E-state index is 0.133. The zero-order valence-electron chi connectivity index (χ0n) is 19.2. The summed E-state index contributed by atoms with van der Waals surface area (Å²) < 4.78 is 6.34. The molecule has 0 saturated carbocycles. The molecule has 1 aromatic heterocycles. The van der Waals surface area contributed by atoms with E-state index in [1.54, 1.807) is 42.5 Å². The van der Waals surface area contributed by atoms with Crippen LogP contribution in [0.1, 0.15) is 16.4 Å². The summed E-state index contributed by atoms with van der Waals surface area (Å²) in [6.45, 7) is -0.351. The van der Waals surface area contributed by atoms with E-state index in [4.69, 9.17) is 10.5 Å². The summed E-state index contributed by atoms with van der Waals surface area (Å²) in [5.41, 5.74) is 6.13. The first-order chi connectivity index (χ1) is 17.7. The van der Waals surface area contributed by atoms with E-state index in [-0.39, 0.29) is 12.3 Å². The number of carbonyl (C=O) groups excluding carboxylic acids is 4. The number of aromatic nitrogens is 1. The molecule has 13 heteroatoms. The number of phenols is 1. The minimum Gasteiger partial charge on any atom is -0.508 e. The molecule has 0 aliphatic carbocycles. The molecule has 3 unspecified atom stereocenters. The van der Waals surface area contributed by atoms with Gasteiger partial charge in [-0.2, -0.15) is 4.90 Å². The van der Waals surface area contributed by atoms with Gasteiger partial charge in [0.25, 0.3) is 5.91 Å². The van der Waals surface area contributed by atoms with Gasteiger partial charge in [0.2, 0.25) is 11.8 Å². The first-order valence-corrected chi connectivity index (χ1v) is 12.7. The average Bonchev–Trinajstić information content (AvgIpc) is 3.31. The Bertz CT molecular complexity index is 1500. The normalized spacial score (nSPS) is 20.4. The van der Waals surface area contributed by atoms with Crippen LogP contribution in [0.4, 0.5) is 10.5 Å². The number of nitrogens with one attached hydrogen (secondary N) is 1. The molecule has 37 heavy (non-hydrogen) atoms. The number of fused-ring (bicyclic) bond motifs is 2. The van der Waals surface area contributed by atoms with Crippen LogP contribution in [0.2, 0.25) is 0 Å². The number of nitrogens with two attached hydrogens (primary N) is 1. The van der Waals surface area contributed by atoms with Crippen molar-refractivity contribution >= 4 is 52.5 Å². The monoisotopic (exact) mass is 540 g/mol. The van der Waals surface area contributed by atoms with Gasteiger partial charge in [-0.05, 0) is 30.3 Å². The van der Waals surface area contributed by atoms with E-state index in [1.807, 2.05) is 0 Å². The SMILES string of the molecule is COc1ccc(NC(=O)Cn2c3c(sc2=O)C(c2ccccc2O)C2C(=O)N(C(N)=O)C(=O)C2S3)cc1. The van der Waals surface area contributed by atoms with Crippen molar-refractivity contribution in [2.24, 2.45) is 11.7 Å². The van der Waals surface area contributed by atoms with Crippen molar-refractivity contribution < 1.29 is 29.0 Å². The second-order valence-corrected chi connectivity index (χ2v) is 10.5. The highest BCUT2D eigenvalue weighted by atomic mass is 32.2. The lowest BCUT2D eigenvalue weighted by atomic mass is 9.82. The molecule has 5 amide bonds. The molecule has 3 aromatic rings. The summed E-state index contributed by atoms with van der Waals surface area (Å²) in [5, 5.41) is 12.6. The van der Waals surface area contributed by atoms with Crippen molar-refractivity contribution in [3.05, 3.63) is 68.6 Å². The number of rotatable bonds is 5. The van der Waals surface area contributed by atoms with Gasteiger partial charge in [-0.15, -0.1) is 0 Å². The highest BCUT2D eigenvalue weighted by molar-refractivity contribution is 8.00. The van der Waals surface area contributed by atoms with Crippen molar-refractivity contribution in [1.82, 2.24) is 9.47 Å². The van der Waals surface area contributed by atoms with E-state index in [2.05, 4.69) is 5.32 Å². The molecule has 1 fully saturated rings. The van der Waals surface area contributed by atoms with Crippen molar-refractivity contribution in [3.8, 4) is 11.5 Å². The van der Waals surface area contributed by atoms with Gasteiger partial charge >= 0.3 is 10.9 Å². The minimum atomic E-state index is -1.19. The number of likely N-dealkylation sites (tertiary alicyclic amines) is 1. The van der Waals surface area contributed by atoms with Gasteiger partial charge in [0.1, 0.15) is 23.3 Å². The summed E-state index contributed by atoms with van der Waals surface area (Å²) in [7, 11) is 1.52. The third-order valence-electron chi connectivity index (χ3n) is 6.22. The van der Waals surface area contributed by atoms with Crippen molar-refractivity contribution in [2.45, 2.75) is 22.7 Å². The molecule has 3 heterocycles. The van der Waals surface area contributed by atoms with E-state index in [9.17, 15) is 29.1 Å². The Morgan fingerprint density at radius 2 is 1.78 bits per heavy atom. The molecule has 11 nitrogen and oxygen atoms in total. The maximum absolute atomic E-state index is 13.2. The van der Waals surface area contributed by atoms with Crippen LogP contribution in [0.3, 0.4) is 0 Å². The Labute approximate surface area is 217 Å². The Kier molecular flexibility index (Phi) is 6.25. The van der Waals surface area contributed by atoms with E-state index < -0.39 is 45.7 Å². The largest absolute Gasteiger partial charge is 0.508 e. The standard InChI is InChI=1S/C24H20N4O7S2/c1-35-12-8-6-11(7-9-12)26-15(30)10-27-22-19(37-24(27)34)16(13-4-2-3-5-14(13)29)17-18(36-22)21(32)28(20(17)31)23(25)33/h2-9,16-18,29H,10H2,1H3,(H2,25,33)(H,26,30). The predicted molar refractivity (Wildman–Crippen MR) is 135 cm³/mol. The number of thioether (sulfide) groups is 1. The van der Waals surface area contributed by atoms with Gasteiger partial charge < -0.3 is 20.9 Å². The smallest absolute Gasteiger partial charge is 0.328 e. The Balaban J connectivity index is 1.54. The number of nitrogens with zero attached hydrogens (tertiary/aromatic N) is 2. The molecule has 0 spiro atoms. The Morgan fingerprint density at radius 1 is 1.08 bits per heavy atom. The van der Waals surface area contributed by atoms with Crippen LogP contribution in [0.5, 0.6) is 11.5 Å². The zero-order valence-corrected chi connectivity index (χ0v) is 20.9. The molecular formula is C24H20N4O7S2. The number of para-hydroxylation sites is 1. The maximum atomic E-state index is 13.2. The summed E-state index contributed by atoms with van der Waals surface area (Å²) >= 11 is 1.77. The summed E-state index contributed by atoms with van der Waals surface area (Å²) in [6.07, 6.45) is 0. The van der Waals surface area contributed by atoms with Crippen LogP contribution >= 0.6 is 23.1 Å². The highest BCUT2D eigenvalue weighted by Gasteiger charge is 2.58. The fraction of sp³-hybridized carbons (Fsp3) is 0.208. The number of anilines is 1. The van der Waals surface area contributed by atoms with Gasteiger partial charge in [-0.25, -0.2) is 4.79 Å². The number of thiazole rings is 1. The first kappa shape index (κ1) is 24.6. The lowest BCUT2D eigenvalue weighted by molar-refractivity contribution is -0.135. The second-order valence-electron chi connectivity index (χ2n) is 8.35. The van der Waals surface area contributed by atoms with E-state index in [0.29, 0.717) is 31.8 Å². The van der Waals surface area contributed by atoms with Crippen LogP contribution in [0, 0.1) is 5.92 Å². The Morgan fingerprint density at radius 3 is 2.43 bits per heavy atom. The van der Waals surface area contributed by atoms with Crippen LogP contribution in [0.25, 0.3) is 0 Å². The van der Waals surface area contributed by atoms with Gasteiger partial charge in [-0.1, -0.05) is 41.3 Å². The fourth-order valence-corrected chi connectivity index (χ4v) is 7.34. The number of methoxy groups -OCH3 is 1. The third kappa shape index (κ3) is 4.15. The molecule has 3 atom stereocenters. The van der Waals surface area contributed by atoms with Gasteiger partial charge in [-0.3, -0.25) is 23.7 Å². The van der Waals surface area contributed by atoms with Crippen molar-refractivity contribution in [2.75, 3.05) is 12.4 Å². The number of ether oxygens (including phenoxy) is 1. The number of amides is 5. The lowest BCUT2D eigenvalue weighted by Gasteiger charge is -2.31. The predicted octanol–water partition coefficient (Wildman–Crippen LogP) is 1.93. The van der Waals surface area contributed by atoms with E-state index >= 15 is 0 Å². The number of carbonyl (C=O) groups is 4. The van der Waals surface area contributed by atoms with Gasteiger partial charge in [0.05, 0.1) is 18.1 Å². The van der Waals surface area contributed by atoms with Gasteiger partial charge in [0, 0.05) is 22.0 Å². The summed E-state index contributed by atoms with van der Waals surface area (Å²) in [4.78, 5) is 64.4. The summed E-state index contributed by atoms with van der Waals surface area (Å²) in [6, 6.07) is 11.7. The first-order valence-electron chi connectivity index (χ1n) is 11.0. The number of benzene rings is 2. The Hall–Kier alpha value is -4.10. The fourth-order valence-electron chi connectivity index (χ4n) is 4.58. The molecule has 2 aliphatic heterocycles. The van der Waals surface area contributed by atoms with Crippen LogP contribution in [-0.2, 0) is 20.9 Å². The number of hydrogen-bond donors (Lipinski definition) is 3. The quantitative estimate of drug-likeness (QED) is 0.414. The van der Waals surface area contributed by atoms with Crippen LogP contribution in [0.15, 0.2) is 58.4 Å². The molecule has 0 radical (unpaired) electrons. The van der Waals surface area contributed by atoms with E-state index in [0.717, 1.165) is 23.1 Å². The molecule has 2 aliphatic rings. The van der Waals surface area contributed by atoms with Crippen LogP contribution in [-0.4, -0.2) is 50.7 Å². The summed E-state index contributed by atoms with van der Waals surface area (Å²) in [5.74, 6) is -3.56. The maximum Gasteiger partial charge on any atom is 0.328 e. The van der Waals surface area contributed by atoms with Crippen molar-refractivity contribution in [1.29, 1.82) is 0 Å². The molecular weight excluding hydrogens is 520 g/mol. The van der Waals surface area contributed by atoms with Gasteiger partial charge in [0.15, 0.2) is 0 Å². The molecule has 5 rings (SSSR count). The van der Waals surface area contributed by atoms with Crippen LogP contribution < -0.4 is 20.7 Å². The van der Waals surface area contributed by atoms with E-state index in [1.165, 1.54) is 17.7 Å². The molecule has 190 valence electrons. The molecule has 2 aromatic carbocycles. The third-order valence-corrected chi connectivity index (χ3v) is 8.82. The molecule has 4 N–H and O–H groups in total. The topological polar surface area (TPSA) is 161 Å². The average molecular weight is 541 g/mol. The number of hydrogen-bond acceptors (Lipinski definition) is 9. The number of primary amides is 1. The lowest BCUT2D eigenvalue weighted by Crippen LogP contribution is -2.41. The molecule has 1 saturated heterocycles.